The van der Waals surface area contributed by atoms with Crippen LogP contribution in [0, 0.1) is 0 Å². The molecule has 2 aliphatic heterocycles. The molecule has 0 radical (unpaired) electrons. The minimum absolute atomic E-state index is 0. The van der Waals surface area contributed by atoms with Crippen molar-refractivity contribution in [2.45, 2.75) is 37.8 Å². The SMILES string of the molecule is Cl.NCCC(=O)N1CC2CCCC(C1)N2. The number of hydrogen-bond donors (Lipinski definition) is 2. The normalized spacial score (nSPS) is 29.5. The number of piperazine rings is 1. The van der Waals surface area contributed by atoms with E-state index in [1.807, 2.05) is 4.90 Å². The highest BCUT2D eigenvalue weighted by molar-refractivity contribution is 5.85. The molecule has 2 rings (SSSR count). The van der Waals surface area contributed by atoms with Gasteiger partial charge in [0.15, 0.2) is 0 Å². The van der Waals surface area contributed by atoms with Crippen molar-refractivity contribution in [3.63, 3.8) is 0 Å². The van der Waals surface area contributed by atoms with E-state index in [1.165, 1.54) is 19.3 Å². The van der Waals surface area contributed by atoms with Crippen LogP contribution in [0.5, 0.6) is 0 Å². The highest BCUT2D eigenvalue weighted by Crippen LogP contribution is 2.19. The van der Waals surface area contributed by atoms with Crippen LogP contribution in [0.15, 0.2) is 0 Å². The number of nitrogens with one attached hydrogen (secondary N) is 1. The Morgan fingerprint density at radius 1 is 1.33 bits per heavy atom. The van der Waals surface area contributed by atoms with Gasteiger partial charge >= 0.3 is 0 Å². The first-order valence-electron chi connectivity index (χ1n) is 5.53. The number of fused-ring (bicyclic) bond motifs is 2. The average molecular weight is 234 g/mol. The van der Waals surface area contributed by atoms with Gasteiger partial charge in [0.25, 0.3) is 0 Å². The summed E-state index contributed by atoms with van der Waals surface area (Å²) in [6.45, 7) is 2.24. The fourth-order valence-electron chi connectivity index (χ4n) is 2.49. The van der Waals surface area contributed by atoms with Crippen LogP contribution in [0.2, 0.25) is 0 Å². The van der Waals surface area contributed by atoms with Crippen molar-refractivity contribution in [3.8, 4) is 0 Å². The van der Waals surface area contributed by atoms with Gasteiger partial charge in [0.05, 0.1) is 0 Å². The number of rotatable bonds is 2. The maximum atomic E-state index is 11.6. The van der Waals surface area contributed by atoms with E-state index >= 15 is 0 Å². The van der Waals surface area contributed by atoms with E-state index in [9.17, 15) is 4.79 Å². The summed E-state index contributed by atoms with van der Waals surface area (Å²) < 4.78 is 0. The Balaban J connectivity index is 0.00000112. The zero-order valence-electron chi connectivity index (χ0n) is 8.95. The van der Waals surface area contributed by atoms with Crippen LogP contribution < -0.4 is 11.1 Å². The Bertz CT molecular complexity index is 213. The molecule has 4 nitrogen and oxygen atoms in total. The zero-order valence-corrected chi connectivity index (χ0v) is 9.76. The van der Waals surface area contributed by atoms with Gasteiger partial charge in [0.1, 0.15) is 0 Å². The molecule has 0 aliphatic carbocycles. The van der Waals surface area contributed by atoms with E-state index in [-0.39, 0.29) is 18.3 Å². The van der Waals surface area contributed by atoms with Gasteiger partial charge in [0.2, 0.25) is 5.91 Å². The van der Waals surface area contributed by atoms with Crippen LogP contribution >= 0.6 is 12.4 Å². The molecular weight excluding hydrogens is 214 g/mol. The number of amides is 1. The smallest absolute Gasteiger partial charge is 0.223 e. The van der Waals surface area contributed by atoms with E-state index < -0.39 is 0 Å². The molecule has 5 heteroatoms. The number of piperidine rings is 1. The first-order valence-corrected chi connectivity index (χ1v) is 5.53. The monoisotopic (exact) mass is 233 g/mol. The number of carbonyl (C=O) groups excluding carboxylic acids is 1. The molecule has 1 amide bonds. The Morgan fingerprint density at radius 3 is 2.47 bits per heavy atom. The summed E-state index contributed by atoms with van der Waals surface area (Å²) in [6, 6.07) is 1.06. The van der Waals surface area contributed by atoms with E-state index in [0.29, 0.717) is 25.0 Å². The van der Waals surface area contributed by atoms with Crippen molar-refractivity contribution < 1.29 is 4.79 Å². The van der Waals surface area contributed by atoms with Gasteiger partial charge in [-0.3, -0.25) is 4.79 Å². The first kappa shape index (κ1) is 12.7. The quantitative estimate of drug-likeness (QED) is 0.712. The Labute approximate surface area is 97.0 Å². The van der Waals surface area contributed by atoms with Gasteiger partial charge in [0, 0.05) is 38.1 Å². The molecule has 0 aromatic carbocycles. The zero-order chi connectivity index (χ0) is 9.97. The van der Waals surface area contributed by atoms with Crippen molar-refractivity contribution in [3.05, 3.63) is 0 Å². The third-order valence-electron chi connectivity index (χ3n) is 3.17. The standard InChI is InChI=1S/C10H19N3O.ClH/c11-5-4-10(14)13-6-8-2-1-3-9(7-13)12-8;/h8-9,12H,1-7,11H2;1H. The summed E-state index contributed by atoms with van der Waals surface area (Å²) in [5, 5.41) is 3.55. The summed E-state index contributed by atoms with van der Waals surface area (Å²) in [6.07, 6.45) is 4.23. The van der Waals surface area contributed by atoms with Crippen molar-refractivity contribution in [1.29, 1.82) is 0 Å². The molecule has 0 aromatic heterocycles. The Kier molecular flexibility index (Phi) is 4.83. The lowest BCUT2D eigenvalue weighted by Crippen LogP contribution is -2.60. The predicted molar refractivity (Wildman–Crippen MR) is 62.1 cm³/mol. The fourth-order valence-corrected chi connectivity index (χ4v) is 2.49. The fraction of sp³-hybridized carbons (Fsp3) is 0.900. The lowest BCUT2D eigenvalue weighted by atomic mass is 9.94. The van der Waals surface area contributed by atoms with E-state index in [0.717, 1.165) is 13.1 Å². The molecule has 2 bridgehead atoms. The molecule has 0 spiro atoms. The summed E-state index contributed by atoms with van der Waals surface area (Å²) in [5.74, 6) is 0.228. The van der Waals surface area contributed by atoms with Crippen LogP contribution in [0.4, 0.5) is 0 Å². The number of nitrogens with two attached hydrogens (primary N) is 1. The number of hydrogen-bond acceptors (Lipinski definition) is 3. The lowest BCUT2D eigenvalue weighted by Gasteiger charge is -2.42. The highest BCUT2D eigenvalue weighted by atomic mass is 35.5. The van der Waals surface area contributed by atoms with E-state index in [2.05, 4.69) is 5.32 Å². The van der Waals surface area contributed by atoms with Crippen LogP contribution in [-0.2, 0) is 4.79 Å². The molecule has 2 heterocycles. The largest absolute Gasteiger partial charge is 0.340 e. The topological polar surface area (TPSA) is 58.4 Å². The van der Waals surface area contributed by atoms with Crippen LogP contribution in [-0.4, -0.2) is 42.5 Å². The van der Waals surface area contributed by atoms with E-state index in [4.69, 9.17) is 5.73 Å². The molecule has 2 unspecified atom stereocenters. The average Bonchev–Trinajstić information content (AvgIpc) is 2.17. The van der Waals surface area contributed by atoms with E-state index in [1.54, 1.807) is 0 Å². The molecular formula is C10H20ClN3O. The summed E-state index contributed by atoms with van der Waals surface area (Å²) in [5.41, 5.74) is 5.39. The van der Waals surface area contributed by atoms with Crippen LogP contribution in [0.1, 0.15) is 25.7 Å². The van der Waals surface area contributed by atoms with Crippen LogP contribution in [0.25, 0.3) is 0 Å². The summed E-state index contributed by atoms with van der Waals surface area (Å²) >= 11 is 0. The van der Waals surface area contributed by atoms with Gasteiger partial charge in [-0.2, -0.15) is 0 Å². The molecule has 2 saturated heterocycles. The van der Waals surface area contributed by atoms with Gasteiger partial charge < -0.3 is 16.0 Å². The number of likely N-dealkylation sites (tertiary alicyclic amines) is 1. The summed E-state index contributed by atoms with van der Waals surface area (Å²) in [4.78, 5) is 13.6. The Hall–Kier alpha value is -0.320. The molecule has 15 heavy (non-hydrogen) atoms. The van der Waals surface area contributed by atoms with Gasteiger partial charge in [-0.05, 0) is 12.8 Å². The number of nitrogens with zero attached hydrogens (tertiary/aromatic N) is 1. The number of halogens is 1. The maximum absolute atomic E-state index is 11.6. The first-order chi connectivity index (χ1) is 6.79. The van der Waals surface area contributed by atoms with Crippen molar-refractivity contribution in [1.82, 2.24) is 10.2 Å². The molecule has 0 saturated carbocycles. The Morgan fingerprint density at radius 2 is 1.93 bits per heavy atom. The number of carbonyl (C=O) groups is 1. The summed E-state index contributed by atoms with van der Waals surface area (Å²) in [7, 11) is 0. The van der Waals surface area contributed by atoms with Gasteiger partial charge in [-0.25, -0.2) is 0 Å². The van der Waals surface area contributed by atoms with Crippen molar-refractivity contribution in [2.75, 3.05) is 19.6 Å². The molecule has 88 valence electrons. The minimum Gasteiger partial charge on any atom is -0.340 e. The third-order valence-corrected chi connectivity index (χ3v) is 3.17. The second-order valence-corrected chi connectivity index (χ2v) is 4.33. The molecule has 3 N–H and O–H groups in total. The second-order valence-electron chi connectivity index (χ2n) is 4.33. The predicted octanol–water partition coefficient (Wildman–Crippen LogP) is 0.110. The third kappa shape index (κ3) is 3.06. The second kappa shape index (κ2) is 5.68. The van der Waals surface area contributed by atoms with Gasteiger partial charge in [-0.15, -0.1) is 12.4 Å². The maximum Gasteiger partial charge on any atom is 0.223 e. The lowest BCUT2D eigenvalue weighted by molar-refractivity contribution is -0.133. The minimum atomic E-state index is 0. The van der Waals surface area contributed by atoms with Gasteiger partial charge in [-0.1, -0.05) is 6.42 Å². The highest BCUT2D eigenvalue weighted by Gasteiger charge is 2.31. The van der Waals surface area contributed by atoms with Crippen molar-refractivity contribution >= 4 is 18.3 Å². The molecule has 0 aromatic rings. The molecule has 2 atom stereocenters. The van der Waals surface area contributed by atoms with Crippen molar-refractivity contribution in [2.24, 2.45) is 5.73 Å². The molecule has 2 aliphatic rings. The molecule has 2 fully saturated rings. The van der Waals surface area contributed by atoms with Crippen LogP contribution in [0.3, 0.4) is 0 Å².